The number of carbonyl (C=O) groups excluding carboxylic acids is 2. The van der Waals surface area contributed by atoms with Gasteiger partial charge < -0.3 is 11.1 Å². The van der Waals surface area contributed by atoms with Crippen LogP contribution in [0, 0.1) is 6.92 Å². The molecule has 0 spiro atoms. The number of primary amides is 1. The van der Waals surface area contributed by atoms with Gasteiger partial charge in [-0.1, -0.05) is 48.6 Å². The molecule has 7 heteroatoms. The average Bonchev–Trinajstić information content (AvgIpc) is 2.86. The number of nitrogens with two attached hydrogens (primary N) is 1. The summed E-state index contributed by atoms with van der Waals surface area (Å²) >= 11 is 2.71. The number of benzene rings is 1. The van der Waals surface area contributed by atoms with Crippen LogP contribution in [0.3, 0.4) is 0 Å². The van der Waals surface area contributed by atoms with Crippen molar-refractivity contribution in [1.82, 2.24) is 4.98 Å². The molecule has 0 saturated heterocycles. The van der Waals surface area contributed by atoms with Crippen LogP contribution in [0.4, 0.5) is 5.13 Å². The zero-order valence-electron chi connectivity index (χ0n) is 13.0. The van der Waals surface area contributed by atoms with E-state index in [0.717, 1.165) is 15.5 Å². The molecule has 23 heavy (non-hydrogen) atoms. The Balaban J connectivity index is 2.07. The van der Waals surface area contributed by atoms with Gasteiger partial charge in [0, 0.05) is 0 Å². The van der Waals surface area contributed by atoms with E-state index in [2.05, 4.69) is 10.3 Å². The molecular weight excluding hydrogens is 330 g/mol. The lowest BCUT2D eigenvalue weighted by Gasteiger charge is -2.13. The highest BCUT2D eigenvalue weighted by atomic mass is 32.2. The Labute approximate surface area is 143 Å². The maximum absolute atomic E-state index is 12.5. The first-order valence-electron chi connectivity index (χ1n) is 7.25. The lowest BCUT2D eigenvalue weighted by molar-refractivity contribution is -0.118. The molecule has 0 aliphatic carbocycles. The zero-order chi connectivity index (χ0) is 16.8. The smallest absolute Gasteiger partial charge is 0.233 e. The van der Waals surface area contributed by atoms with Gasteiger partial charge in [-0.25, -0.2) is 4.98 Å². The van der Waals surface area contributed by atoms with Crippen LogP contribution >= 0.6 is 23.1 Å². The predicted octanol–water partition coefficient (Wildman–Crippen LogP) is 3.16. The van der Waals surface area contributed by atoms with Crippen molar-refractivity contribution in [3.63, 3.8) is 0 Å². The lowest BCUT2D eigenvalue weighted by Crippen LogP contribution is -2.20. The van der Waals surface area contributed by atoms with Gasteiger partial charge >= 0.3 is 0 Å². The Morgan fingerprint density at radius 2 is 2.04 bits per heavy atom. The molecule has 2 amide bonds. The number of nitrogens with zero attached hydrogens (tertiary/aromatic N) is 1. The summed E-state index contributed by atoms with van der Waals surface area (Å²) in [6.07, 6.45) is 0.712. The third-order valence-electron chi connectivity index (χ3n) is 3.26. The van der Waals surface area contributed by atoms with Crippen LogP contribution in [0.25, 0.3) is 0 Å². The van der Waals surface area contributed by atoms with Crippen molar-refractivity contribution in [3.8, 4) is 0 Å². The standard InChI is InChI=1S/C16H19N3O2S2/c1-3-12(11-7-5-4-6-8-11)14(21)19-16-18-10(2)15(23-16)22-9-13(17)20/h4-8,12H,3,9H2,1-2H3,(H2,17,20)(H,18,19,21). The van der Waals surface area contributed by atoms with Crippen molar-refractivity contribution in [2.75, 3.05) is 11.1 Å². The molecule has 1 unspecified atom stereocenters. The molecule has 0 radical (unpaired) electrons. The fraction of sp³-hybridized carbons (Fsp3) is 0.312. The molecule has 0 bridgehead atoms. The molecule has 122 valence electrons. The van der Waals surface area contributed by atoms with E-state index in [-0.39, 0.29) is 23.5 Å². The normalized spacial score (nSPS) is 11.9. The molecule has 0 fully saturated rings. The van der Waals surface area contributed by atoms with Crippen molar-refractivity contribution >= 4 is 40.0 Å². The van der Waals surface area contributed by atoms with E-state index >= 15 is 0 Å². The number of hydrogen-bond acceptors (Lipinski definition) is 5. The predicted molar refractivity (Wildman–Crippen MR) is 94.9 cm³/mol. The van der Waals surface area contributed by atoms with Gasteiger partial charge in [-0.2, -0.15) is 0 Å². The fourth-order valence-corrected chi connectivity index (χ4v) is 4.04. The highest BCUT2D eigenvalue weighted by Gasteiger charge is 2.20. The number of thioether (sulfide) groups is 1. The molecule has 1 aromatic heterocycles. The van der Waals surface area contributed by atoms with E-state index in [1.807, 2.05) is 44.2 Å². The second kappa shape index (κ2) is 8.12. The summed E-state index contributed by atoms with van der Waals surface area (Å²) in [5.41, 5.74) is 6.94. The second-order valence-corrected chi connectivity index (χ2v) is 7.25. The molecule has 5 nitrogen and oxygen atoms in total. The average molecular weight is 349 g/mol. The molecule has 1 heterocycles. The number of amides is 2. The van der Waals surface area contributed by atoms with Crippen LogP contribution in [0.15, 0.2) is 34.5 Å². The van der Waals surface area contributed by atoms with Gasteiger partial charge in [0.1, 0.15) is 0 Å². The Kier molecular flexibility index (Phi) is 6.18. The van der Waals surface area contributed by atoms with E-state index in [0.29, 0.717) is 11.6 Å². The van der Waals surface area contributed by atoms with Crippen molar-refractivity contribution < 1.29 is 9.59 Å². The molecule has 3 N–H and O–H groups in total. The highest BCUT2D eigenvalue weighted by molar-refractivity contribution is 8.01. The number of aryl methyl sites for hydroxylation is 1. The highest BCUT2D eigenvalue weighted by Crippen LogP contribution is 2.32. The Bertz CT molecular complexity index is 686. The number of hydrogen-bond donors (Lipinski definition) is 2. The van der Waals surface area contributed by atoms with E-state index in [9.17, 15) is 9.59 Å². The minimum Gasteiger partial charge on any atom is -0.369 e. The van der Waals surface area contributed by atoms with Crippen LogP contribution in [0.2, 0.25) is 0 Å². The number of thiazole rings is 1. The van der Waals surface area contributed by atoms with Gasteiger partial charge in [-0.3, -0.25) is 9.59 Å². The molecule has 0 saturated carbocycles. The molecular formula is C16H19N3O2S2. The number of anilines is 1. The van der Waals surface area contributed by atoms with Crippen molar-refractivity contribution in [1.29, 1.82) is 0 Å². The summed E-state index contributed by atoms with van der Waals surface area (Å²) in [7, 11) is 0. The third-order valence-corrected chi connectivity index (χ3v) is 5.71. The van der Waals surface area contributed by atoms with Gasteiger partial charge in [-0.15, -0.1) is 11.8 Å². The van der Waals surface area contributed by atoms with Gasteiger partial charge in [0.05, 0.1) is 21.6 Å². The van der Waals surface area contributed by atoms with Crippen molar-refractivity contribution in [2.24, 2.45) is 5.73 Å². The van der Waals surface area contributed by atoms with Crippen LogP contribution < -0.4 is 11.1 Å². The summed E-state index contributed by atoms with van der Waals surface area (Å²) in [6.45, 7) is 3.84. The van der Waals surface area contributed by atoms with E-state index in [4.69, 9.17) is 5.73 Å². The Morgan fingerprint density at radius 1 is 1.35 bits per heavy atom. The zero-order valence-corrected chi connectivity index (χ0v) is 14.7. The van der Waals surface area contributed by atoms with E-state index < -0.39 is 0 Å². The first kappa shape index (κ1) is 17.5. The maximum atomic E-state index is 12.5. The number of carbonyl (C=O) groups is 2. The second-order valence-electron chi connectivity index (χ2n) is 5.01. The van der Waals surface area contributed by atoms with Crippen LogP contribution in [-0.4, -0.2) is 22.6 Å². The minimum absolute atomic E-state index is 0.0705. The van der Waals surface area contributed by atoms with Crippen molar-refractivity contribution in [2.45, 2.75) is 30.4 Å². The van der Waals surface area contributed by atoms with Crippen molar-refractivity contribution in [3.05, 3.63) is 41.6 Å². The van der Waals surface area contributed by atoms with Gasteiger partial charge in [-0.05, 0) is 18.9 Å². The first-order valence-corrected chi connectivity index (χ1v) is 9.05. The summed E-state index contributed by atoms with van der Waals surface area (Å²) in [5, 5.41) is 3.43. The molecule has 2 aromatic rings. The summed E-state index contributed by atoms with van der Waals surface area (Å²) in [5.74, 6) is -0.442. The minimum atomic E-state index is -0.372. The van der Waals surface area contributed by atoms with Crippen LogP contribution in [0.5, 0.6) is 0 Å². The molecule has 1 atom stereocenters. The topological polar surface area (TPSA) is 85.1 Å². The largest absolute Gasteiger partial charge is 0.369 e. The summed E-state index contributed by atoms with van der Waals surface area (Å²) in [4.78, 5) is 27.7. The quantitative estimate of drug-likeness (QED) is 0.752. The summed E-state index contributed by atoms with van der Waals surface area (Å²) < 4.78 is 0.895. The van der Waals surface area contributed by atoms with E-state index in [1.54, 1.807) is 0 Å². The summed E-state index contributed by atoms with van der Waals surface area (Å²) in [6, 6.07) is 9.69. The van der Waals surface area contributed by atoms with Gasteiger partial charge in [0.15, 0.2) is 5.13 Å². The van der Waals surface area contributed by atoms with Gasteiger partial charge in [0.25, 0.3) is 0 Å². The number of nitrogens with one attached hydrogen (secondary N) is 1. The van der Waals surface area contributed by atoms with Crippen LogP contribution in [-0.2, 0) is 9.59 Å². The fourth-order valence-electron chi connectivity index (χ4n) is 2.16. The molecule has 0 aliphatic heterocycles. The Morgan fingerprint density at radius 3 is 2.65 bits per heavy atom. The monoisotopic (exact) mass is 349 g/mol. The van der Waals surface area contributed by atoms with Gasteiger partial charge in [0.2, 0.25) is 11.8 Å². The third kappa shape index (κ3) is 4.80. The maximum Gasteiger partial charge on any atom is 0.233 e. The molecule has 0 aliphatic rings. The molecule has 2 rings (SSSR count). The number of rotatable bonds is 7. The Hall–Kier alpha value is -1.86. The lowest BCUT2D eigenvalue weighted by atomic mass is 9.96. The number of aromatic nitrogens is 1. The van der Waals surface area contributed by atoms with E-state index in [1.165, 1.54) is 23.1 Å². The first-order chi connectivity index (χ1) is 11.0. The molecule has 1 aromatic carbocycles. The SMILES string of the molecule is CCC(C(=O)Nc1nc(C)c(SCC(N)=O)s1)c1ccccc1. The van der Waals surface area contributed by atoms with Crippen LogP contribution in [0.1, 0.15) is 30.5 Å².